The lowest BCUT2D eigenvalue weighted by Crippen LogP contribution is -2.40. The molecule has 1 N–H and O–H groups in total. The molecule has 0 saturated carbocycles. The Morgan fingerprint density at radius 1 is 1.10 bits per heavy atom. The van der Waals surface area contributed by atoms with E-state index in [1.165, 1.54) is 0 Å². The van der Waals surface area contributed by atoms with E-state index in [0.29, 0.717) is 38.7 Å². The normalized spacial score (nSPS) is 17.9. The fourth-order valence-electron chi connectivity index (χ4n) is 3.73. The third-order valence-corrected chi connectivity index (χ3v) is 5.15. The Morgan fingerprint density at radius 3 is 2.57 bits per heavy atom. The highest BCUT2D eigenvalue weighted by Gasteiger charge is 2.28. The van der Waals surface area contributed by atoms with Gasteiger partial charge in [0.05, 0.1) is 26.4 Å². The van der Waals surface area contributed by atoms with Gasteiger partial charge in [-0.05, 0) is 41.3 Å². The van der Waals surface area contributed by atoms with Crippen LogP contribution in [0.15, 0.2) is 48.5 Å². The molecule has 0 bridgehead atoms. The molecule has 1 amide bonds. The van der Waals surface area contributed by atoms with E-state index in [-0.39, 0.29) is 17.8 Å². The largest absolute Gasteiger partial charge is 0.508 e. The van der Waals surface area contributed by atoms with Crippen LogP contribution in [0.1, 0.15) is 25.0 Å². The van der Waals surface area contributed by atoms with E-state index in [9.17, 15) is 9.90 Å². The highest BCUT2D eigenvalue weighted by molar-refractivity contribution is 5.78. The van der Waals surface area contributed by atoms with Crippen LogP contribution in [0, 0.1) is 5.92 Å². The summed E-state index contributed by atoms with van der Waals surface area (Å²) in [5.74, 6) is 1.59. The zero-order valence-corrected chi connectivity index (χ0v) is 18.1. The Bertz CT molecular complexity index is 822. The van der Waals surface area contributed by atoms with Gasteiger partial charge in [-0.2, -0.15) is 0 Å². The highest BCUT2D eigenvalue weighted by atomic mass is 16.5. The van der Waals surface area contributed by atoms with Crippen molar-refractivity contribution in [3.8, 4) is 11.5 Å². The molecule has 1 aliphatic heterocycles. The van der Waals surface area contributed by atoms with Crippen molar-refractivity contribution in [1.82, 2.24) is 9.80 Å². The molecule has 1 heterocycles. The SMILES string of the molecule is COc1cccc(CO[C@H]2CN(Cc3ccc(O)cc3)CC(=O)N(CC(C)C)C2)c1. The molecule has 3 rings (SSSR count). The van der Waals surface area contributed by atoms with Gasteiger partial charge in [-0.3, -0.25) is 9.69 Å². The third kappa shape index (κ3) is 6.47. The van der Waals surface area contributed by atoms with Crippen molar-refractivity contribution >= 4 is 5.91 Å². The number of nitrogens with zero attached hydrogens (tertiary/aromatic N) is 2. The first-order chi connectivity index (χ1) is 14.4. The number of aromatic hydroxyl groups is 1. The van der Waals surface area contributed by atoms with Gasteiger partial charge in [0.2, 0.25) is 5.91 Å². The molecule has 1 aliphatic rings. The lowest BCUT2D eigenvalue weighted by Gasteiger charge is -2.26. The molecule has 30 heavy (non-hydrogen) atoms. The smallest absolute Gasteiger partial charge is 0.236 e. The number of phenolic OH excluding ortho intramolecular Hbond substituents is 1. The molecule has 0 spiro atoms. The summed E-state index contributed by atoms with van der Waals surface area (Å²) < 4.78 is 11.6. The first kappa shape index (κ1) is 22.1. The maximum atomic E-state index is 12.9. The first-order valence-electron chi connectivity index (χ1n) is 10.5. The maximum absolute atomic E-state index is 12.9. The lowest BCUT2D eigenvalue weighted by molar-refractivity contribution is -0.132. The fourth-order valence-corrected chi connectivity index (χ4v) is 3.73. The summed E-state index contributed by atoms with van der Waals surface area (Å²) in [4.78, 5) is 16.9. The van der Waals surface area contributed by atoms with Crippen LogP contribution in [-0.4, -0.2) is 60.2 Å². The Hall–Kier alpha value is -2.57. The van der Waals surface area contributed by atoms with Crippen LogP contribution in [-0.2, 0) is 22.7 Å². The number of phenols is 1. The van der Waals surface area contributed by atoms with E-state index < -0.39 is 0 Å². The van der Waals surface area contributed by atoms with Gasteiger partial charge >= 0.3 is 0 Å². The maximum Gasteiger partial charge on any atom is 0.236 e. The summed E-state index contributed by atoms with van der Waals surface area (Å²) in [5, 5.41) is 9.52. The van der Waals surface area contributed by atoms with Crippen molar-refractivity contribution in [1.29, 1.82) is 0 Å². The molecular weight excluding hydrogens is 380 g/mol. The minimum Gasteiger partial charge on any atom is -0.508 e. The molecule has 2 aromatic rings. The predicted octanol–water partition coefficient (Wildman–Crippen LogP) is 3.29. The number of ether oxygens (including phenoxy) is 2. The second-order valence-electron chi connectivity index (χ2n) is 8.31. The van der Waals surface area contributed by atoms with Crippen LogP contribution in [0.25, 0.3) is 0 Å². The van der Waals surface area contributed by atoms with Crippen LogP contribution in [0.5, 0.6) is 11.5 Å². The zero-order valence-electron chi connectivity index (χ0n) is 18.1. The summed E-state index contributed by atoms with van der Waals surface area (Å²) in [6, 6.07) is 15.0. The average Bonchev–Trinajstić information content (AvgIpc) is 2.86. The van der Waals surface area contributed by atoms with Crippen LogP contribution >= 0.6 is 0 Å². The molecule has 2 aromatic carbocycles. The number of amides is 1. The Morgan fingerprint density at radius 2 is 1.87 bits per heavy atom. The van der Waals surface area contributed by atoms with Crippen molar-refractivity contribution < 1.29 is 19.4 Å². The highest BCUT2D eigenvalue weighted by Crippen LogP contribution is 2.18. The number of carbonyl (C=O) groups is 1. The van der Waals surface area contributed by atoms with Crippen LogP contribution in [0.2, 0.25) is 0 Å². The number of methoxy groups -OCH3 is 1. The summed E-state index contributed by atoms with van der Waals surface area (Å²) in [5.41, 5.74) is 2.11. The zero-order chi connectivity index (χ0) is 21.5. The van der Waals surface area contributed by atoms with Gasteiger partial charge in [-0.1, -0.05) is 38.1 Å². The Balaban J connectivity index is 1.70. The van der Waals surface area contributed by atoms with Gasteiger partial charge in [-0.25, -0.2) is 0 Å². The Labute approximate surface area is 179 Å². The van der Waals surface area contributed by atoms with E-state index in [0.717, 1.165) is 23.4 Å². The molecular formula is C24H32N2O4. The molecule has 6 nitrogen and oxygen atoms in total. The van der Waals surface area contributed by atoms with Crippen LogP contribution in [0.3, 0.4) is 0 Å². The van der Waals surface area contributed by atoms with E-state index in [2.05, 4.69) is 18.7 Å². The molecule has 6 heteroatoms. The minimum atomic E-state index is -0.0847. The Kier molecular flexibility index (Phi) is 7.71. The average molecular weight is 413 g/mol. The third-order valence-electron chi connectivity index (χ3n) is 5.15. The van der Waals surface area contributed by atoms with Crippen molar-refractivity contribution in [2.75, 3.05) is 33.3 Å². The van der Waals surface area contributed by atoms with Crippen molar-refractivity contribution in [3.05, 3.63) is 59.7 Å². The van der Waals surface area contributed by atoms with Gasteiger partial charge in [0.25, 0.3) is 0 Å². The van der Waals surface area contributed by atoms with E-state index >= 15 is 0 Å². The van der Waals surface area contributed by atoms with Gasteiger partial charge in [0.1, 0.15) is 11.5 Å². The summed E-state index contributed by atoms with van der Waals surface area (Å²) in [6.07, 6.45) is -0.0847. The van der Waals surface area contributed by atoms with Crippen molar-refractivity contribution in [2.45, 2.75) is 33.1 Å². The predicted molar refractivity (Wildman–Crippen MR) is 116 cm³/mol. The van der Waals surface area contributed by atoms with Gasteiger partial charge in [0.15, 0.2) is 0 Å². The van der Waals surface area contributed by atoms with Gasteiger partial charge in [0, 0.05) is 26.2 Å². The first-order valence-corrected chi connectivity index (χ1v) is 10.5. The summed E-state index contributed by atoms with van der Waals surface area (Å²) in [6.45, 7) is 7.71. The fraction of sp³-hybridized carbons (Fsp3) is 0.458. The van der Waals surface area contributed by atoms with E-state index in [1.54, 1.807) is 19.2 Å². The number of benzene rings is 2. The molecule has 1 saturated heterocycles. The second kappa shape index (κ2) is 10.5. The monoisotopic (exact) mass is 412 g/mol. The molecule has 0 radical (unpaired) electrons. The molecule has 1 atom stereocenters. The van der Waals surface area contributed by atoms with Crippen molar-refractivity contribution in [3.63, 3.8) is 0 Å². The minimum absolute atomic E-state index is 0.0847. The standard InChI is InChI=1S/C24H32N2O4/c1-18(2)12-26-15-23(30-17-20-5-4-6-22(11-20)29-3)14-25(16-24(26)28)13-19-7-9-21(27)10-8-19/h4-11,18,23,27H,12-17H2,1-3H3/t23-/m0/s1. The van der Waals surface area contributed by atoms with Crippen LogP contribution in [0.4, 0.5) is 0 Å². The second-order valence-corrected chi connectivity index (χ2v) is 8.31. The molecule has 162 valence electrons. The topological polar surface area (TPSA) is 62.2 Å². The number of hydrogen-bond acceptors (Lipinski definition) is 5. The number of rotatable bonds is 8. The summed E-state index contributed by atoms with van der Waals surface area (Å²) in [7, 11) is 1.65. The lowest BCUT2D eigenvalue weighted by atomic mass is 10.2. The summed E-state index contributed by atoms with van der Waals surface area (Å²) >= 11 is 0. The van der Waals surface area contributed by atoms with Gasteiger partial charge < -0.3 is 19.5 Å². The number of carbonyl (C=O) groups excluding carboxylic acids is 1. The molecule has 1 fully saturated rings. The van der Waals surface area contributed by atoms with E-state index in [1.807, 2.05) is 41.3 Å². The number of hydrogen-bond donors (Lipinski definition) is 1. The quantitative estimate of drug-likeness (QED) is 0.721. The van der Waals surface area contributed by atoms with E-state index in [4.69, 9.17) is 9.47 Å². The van der Waals surface area contributed by atoms with Crippen molar-refractivity contribution in [2.24, 2.45) is 5.92 Å². The van der Waals surface area contributed by atoms with Gasteiger partial charge in [-0.15, -0.1) is 0 Å². The molecule has 0 aliphatic carbocycles. The molecule has 0 aromatic heterocycles. The van der Waals surface area contributed by atoms with Crippen LogP contribution < -0.4 is 4.74 Å². The molecule has 0 unspecified atom stereocenters.